The minimum atomic E-state index is -0.625. The molecule has 0 radical (unpaired) electrons. The van der Waals surface area contributed by atoms with Crippen LogP contribution in [0.5, 0.6) is 0 Å². The summed E-state index contributed by atoms with van der Waals surface area (Å²) in [6, 6.07) is 4.74. The largest absolute Gasteiger partial charge is 0.381 e. The van der Waals surface area contributed by atoms with Gasteiger partial charge in [-0.2, -0.15) is 4.39 Å². The van der Waals surface area contributed by atoms with E-state index in [0.29, 0.717) is 33.0 Å². The van der Waals surface area contributed by atoms with Gasteiger partial charge in [-0.1, -0.05) is 23.2 Å². The van der Waals surface area contributed by atoms with E-state index in [-0.39, 0.29) is 0 Å². The first-order chi connectivity index (χ1) is 11.1. The molecule has 1 aliphatic rings. The van der Waals surface area contributed by atoms with E-state index in [4.69, 9.17) is 27.9 Å². The van der Waals surface area contributed by atoms with Gasteiger partial charge in [0.05, 0.1) is 22.3 Å². The molecule has 1 unspecified atom stereocenters. The predicted octanol–water partition coefficient (Wildman–Crippen LogP) is 4.43. The van der Waals surface area contributed by atoms with E-state index in [1.54, 1.807) is 12.1 Å². The van der Waals surface area contributed by atoms with Crippen molar-refractivity contribution in [1.29, 1.82) is 0 Å². The van der Waals surface area contributed by atoms with Gasteiger partial charge in [-0.05, 0) is 30.9 Å². The van der Waals surface area contributed by atoms with Crippen molar-refractivity contribution in [2.24, 2.45) is 5.92 Å². The zero-order valence-electron chi connectivity index (χ0n) is 12.4. The molecular formula is C16H16Cl2FN3O. The smallest absolute Gasteiger partial charge is 0.213 e. The number of anilines is 1. The summed E-state index contributed by atoms with van der Waals surface area (Å²) in [7, 11) is 0. The minimum absolute atomic E-state index is 0.304. The van der Waals surface area contributed by atoms with E-state index in [9.17, 15) is 4.39 Å². The highest BCUT2D eigenvalue weighted by Crippen LogP contribution is 2.32. The number of rotatable bonds is 4. The summed E-state index contributed by atoms with van der Waals surface area (Å²) < 4.78 is 18.8. The van der Waals surface area contributed by atoms with Crippen LogP contribution in [0, 0.1) is 11.9 Å². The zero-order valence-corrected chi connectivity index (χ0v) is 13.9. The summed E-state index contributed by atoms with van der Waals surface area (Å²) in [5.41, 5.74) is 0.858. The van der Waals surface area contributed by atoms with Gasteiger partial charge >= 0.3 is 0 Å². The number of hydrogen-bond acceptors (Lipinski definition) is 4. The third-order valence-electron chi connectivity index (χ3n) is 3.75. The fourth-order valence-corrected chi connectivity index (χ4v) is 2.94. The van der Waals surface area contributed by atoms with Gasteiger partial charge in [0.25, 0.3) is 0 Å². The van der Waals surface area contributed by atoms with E-state index in [1.807, 2.05) is 0 Å². The average molecular weight is 356 g/mol. The Bertz CT molecular complexity index is 693. The summed E-state index contributed by atoms with van der Waals surface area (Å²) in [5, 5.41) is 3.99. The molecule has 1 aliphatic heterocycles. The first-order valence-electron chi connectivity index (χ1n) is 7.43. The number of nitrogens with one attached hydrogen (secondary N) is 1. The van der Waals surface area contributed by atoms with Crippen molar-refractivity contribution in [1.82, 2.24) is 9.97 Å². The molecule has 0 aromatic carbocycles. The Morgan fingerprint density at radius 3 is 2.96 bits per heavy atom. The third kappa shape index (κ3) is 4.10. The summed E-state index contributed by atoms with van der Waals surface area (Å²) in [6.07, 6.45) is 3.47. The van der Waals surface area contributed by atoms with Crippen molar-refractivity contribution < 1.29 is 9.13 Å². The molecule has 122 valence electrons. The highest BCUT2D eigenvalue weighted by Gasteiger charge is 2.15. The summed E-state index contributed by atoms with van der Waals surface area (Å²) >= 11 is 12.3. The molecule has 0 bridgehead atoms. The van der Waals surface area contributed by atoms with Crippen LogP contribution in [0.25, 0.3) is 11.3 Å². The highest BCUT2D eigenvalue weighted by molar-refractivity contribution is 6.36. The summed E-state index contributed by atoms with van der Waals surface area (Å²) in [4.78, 5) is 7.98. The van der Waals surface area contributed by atoms with Crippen LogP contribution < -0.4 is 5.32 Å². The second kappa shape index (κ2) is 7.43. The van der Waals surface area contributed by atoms with Crippen LogP contribution in [0.3, 0.4) is 0 Å². The number of halogens is 3. The maximum atomic E-state index is 13.4. The number of ether oxygens (including phenoxy) is 1. The quantitative estimate of drug-likeness (QED) is 0.824. The molecule has 1 N–H and O–H groups in total. The van der Waals surface area contributed by atoms with Crippen molar-refractivity contribution in [2.75, 3.05) is 25.1 Å². The molecule has 0 saturated carbocycles. The topological polar surface area (TPSA) is 47.0 Å². The molecule has 2 aromatic rings. The van der Waals surface area contributed by atoms with Crippen LogP contribution in [0.1, 0.15) is 12.8 Å². The standard InChI is InChI=1S/C16H16Cl2FN3O/c17-12-3-4-15(21-7-10-2-1-5-23-9-10)22-16(12)11-6-14(19)20-8-13(11)18/h3-4,6,8,10H,1-2,5,7,9H2,(H,21,22). The lowest BCUT2D eigenvalue weighted by Gasteiger charge is -2.22. The lowest BCUT2D eigenvalue weighted by Crippen LogP contribution is -2.24. The van der Waals surface area contributed by atoms with Gasteiger partial charge in [0.1, 0.15) is 5.82 Å². The fraction of sp³-hybridized carbons (Fsp3) is 0.375. The maximum absolute atomic E-state index is 13.4. The van der Waals surface area contributed by atoms with Crippen molar-refractivity contribution >= 4 is 29.0 Å². The van der Waals surface area contributed by atoms with E-state index in [0.717, 1.165) is 32.6 Å². The Morgan fingerprint density at radius 1 is 1.30 bits per heavy atom. The van der Waals surface area contributed by atoms with Gasteiger partial charge in [-0.25, -0.2) is 9.97 Å². The summed E-state index contributed by atoms with van der Waals surface area (Å²) in [5.74, 6) is 0.509. The van der Waals surface area contributed by atoms with E-state index >= 15 is 0 Å². The normalized spacial score (nSPS) is 18.0. The lowest BCUT2D eigenvalue weighted by atomic mass is 10.0. The number of pyridine rings is 2. The second-order valence-electron chi connectivity index (χ2n) is 5.48. The van der Waals surface area contributed by atoms with Crippen LogP contribution in [0.2, 0.25) is 10.0 Å². The van der Waals surface area contributed by atoms with Crippen molar-refractivity contribution in [3.05, 3.63) is 40.4 Å². The van der Waals surface area contributed by atoms with Crippen LogP contribution in [0.4, 0.5) is 10.2 Å². The SMILES string of the molecule is Fc1cc(-c2nc(NCC3CCCOC3)ccc2Cl)c(Cl)cn1. The lowest BCUT2D eigenvalue weighted by molar-refractivity contribution is 0.0595. The van der Waals surface area contributed by atoms with Gasteiger partial charge in [0, 0.05) is 31.0 Å². The molecule has 0 amide bonds. The number of hydrogen-bond donors (Lipinski definition) is 1. The predicted molar refractivity (Wildman–Crippen MR) is 89.5 cm³/mol. The molecule has 3 heterocycles. The van der Waals surface area contributed by atoms with E-state index in [1.165, 1.54) is 12.3 Å². The zero-order chi connectivity index (χ0) is 16.2. The van der Waals surface area contributed by atoms with Crippen molar-refractivity contribution in [2.45, 2.75) is 12.8 Å². The molecule has 7 heteroatoms. The Labute approximate surface area is 144 Å². The van der Waals surface area contributed by atoms with Gasteiger partial charge in [-0.15, -0.1) is 0 Å². The third-order valence-corrected chi connectivity index (χ3v) is 4.36. The number of nitrogens with zero attached hydrogens (tertiary/aromatic N) is 2. The molecule has 3 rings (SSSR count). The monoisotopic (exact) mass is 355 g/mol. The van der Waals surface area contributed by atoms with E-state index < -0.39 is 5.95 Å². The van der Waals surface area contributed by atoms with Crippen LogP contribution in [-0.4, -0.2) is 29.7 Å². The first kappa shape index (κ1) is 16.4. The van der Waals surface area contributed by atoms with E-state index in [2.05, 4.69) is 15.3 Å². The Hall–Kier alpha value is -1.43. The average Bonchev–Trinajstić information content (AvgIpc) is 2.57. The molecular weight excluding hydrogens is 340 g/mol. The van der Waals surface area contributed by atoms with Crippen LogP contribution >= 0.6 is 23.2 Å². The summed E-state index contributed by atoms with van der Waals surface area (Å²) in [6.45, 7) is 2.37. The molecule has 0 spiro atoms. The van der Waals surface area contributed by atoms with Crippen molar-refractivity contribution in [3.8, 4) is 11.3 Å². The number of aromatic nitrogens is 2. The van der Waals surface area contributed by atoms with Gasteiger partial charge in [0.2, 0.25) is 5.95 Å². The Kier molecular flexibility index (Phi) is 5.30. The fourth-order valence-electron chi connectivity index (χ4n) is 2.54. The maximum Gasteiger partial charge on any atom is 0.213 e. The van der Waals surface area contributed by atoms with Crippen LogP contribution in [-0.2, 0) is 4.74 Å². The molecule has 2 aromatic heterocycles. The first-order valence-corrected chi connectivity index (χ1v) is 8.18. The van der Waals surface area contributed by atoms with Gasteiger partial charge in [0.15, 0.2) is 0 Å². The molecule has 0 aliphatic carbocycles. The molecule has 1 atom stereocenters. The Balaban J connectivity index is 1.80. The second-order valence-corrected chi connectivity index (χ2v) is 6.29. The Morgan fingerprint density at radius 2 is 2.17 bits per heavy atom. The minimum Gasteiger partial charge on any atom is -0.381 e. The molecule has 1 saturated heterocycles. The van der Waals surface area contributed by atoms with Crippen molar-refractivity contribution in [3.63, 3.8) is 0 Å². The highest BCUT2D eigenvalue weighted by atomic mass is 35.5. The van der Waals surface area contributed by atoms with Gasteiger partial charge in [-0.3, -0.25) is 0 Å². The molecule has 4 nitrogen and oxygen atoms in total. The molecule has 23 heavy (non-hydrogen) atoms. The molecule has 1 fully saturated rings. The van der Waals surface area contributed by atoms with Gasteiger partial charge < -0.3 is 10.1 Å². The van der Waals surface area contributed by atoms with Crippen LogP contribution in [0.15, 0.2) is 24.4 Å².